The lowest BCUT2D eigenvalue weighted by molar-refractivity contribution is -0.127. The monoisotopic (exact) mass is 506 g/mol. The first-order chi connectivity index (χ1) is 17.6. The molecule has 4 aromatic rings. The number of piperidine rings is 1. The molecule has 1 aromatic carbocycles. The fourth-order valence-electron chi connectivity index (χ4n) is 4.46. The zero-order valence-corrected chi connectivity index (χ0v) is 20.9. The smallest absolute Gasteiger partial charge is 0.319 e. The summed E-state index contributed by atoms with van der Waals surface area (Å²) in [6, 6.07) is 8.02. The van der Waals surface area contributed by atoms with Crippen LogP contribution in [0, 0.1) is 0 Å². The molecule has 0 bridgehead atoms. The standard InChI is InChI=1S/C25H26N6O4S/c1-34-23-18(15-27-24(28-23)35-2)7-8-21(32)29-12-9-17(10-13-29)22-26-11-14-30(22)16-31-19-5-3-4-6-20(19)36-25(31)33/h3-8,11,14-15,17H,9-10,12-13,16H2,1-2H3. The molecule has 0 atom stereocenters. The zero-order chi connectivity index (χ0) is 25.1. The highest BCUT2D eigenvalue weighted by Gasteiger charge is 2.26. The fourth-order valence-corrected chi connectivity index (χ4v) is 5.35. The fraction of sp³-hybridized carbons (Fsp3) is 0.320. The summed E-state index contributed by atoms with van der Waals surface area (Å²) in [6.45, 7) is 1.67. The van der Waals surface area contributed by atoms with Crippen molar-refractivity contribution in [2.75, 3.05) is 27.3 Å². The van der Waals surface area contributed by atoms with Gasteiger partial charge in [-0.05, 0) is 31.1 Å². The molecule has 11 heteroatoms. The van der Waals surface area contributed by atoms with E-state index < -0.39 is 0 Å². The molecule has 1 saturated heterocycles. The summed E-state index contributed by atoms with van der Waals surface area (Å²) in [6.07, 6.45) is 10.0. The van der Waals surface area contributed by atoms with Gasteiger partial charge in [0.1, 0.15) is 12.5 Å². The number of thiazole rings is 1. The van der Waals surface area contributed by atoms with Crippen molar-refractivity contribution in [3.63, 3.8) is 0 Å². The lowest BCUT2D eigenvalue weighted by Gasteiger charge is -2.31. The second kappa shape index (κ2) is 10.3. The van der Waals surface area contributed by atoms with Gasteiger partial charge in [-0.3, -0.25) is 14.2 Å². The molecule has 5 rings (SSSR count). The number of aromatic nitrogens is 5. The Morgan fingerprint density at radius 2 is 1.97 bits per heavy atom. The number of methoxy groups -OCH3 is 2. The van der Waals surface area contributed by atoms with Crippen molar-refractivity contribution in [1.82, 2.24) is 29.0 Å². The van der Waals surface area contributed by atoms with E-state index in [1.807, 2.05) is 39.9 Å². The van der Waals surface area contributed by atoms with Gasteiger partial charge in [0.2, 0.25) is 11.8 Å². The van der Waals surface area contributed by atoms with E-state index in [9.17, 15) is 9.59 Å². The van der Waals surface area contributed by atoms with Crippen LogP contribution in [-0.2, 0) is 11.5 Å². The lowest BCUT2D eigenvalue weighted by Crippen LogP contribution is -2.37. The van der Waals surface area contributed by atoms with Crippen LogP contribution in [-0.4, -0.2) is 62.2 Å². The number of carbonyl (C=O) groups excluding carboxylic acids is 1. The maximum atomic E-state index is 12.8. The number of likely N-dealkylation sites (tertiary alicyclic amines) is 1. The lowest BCUT2D eigenvalue weighted by atomic mass is 9.96. The van der Waals surface area contributed by atoms with E-state index in [4.69, 9.17) is 9.47 Å². The number of fused-ring (bicyclic) bond motifs is 1. The van der Waals surface area contributed by atoms with Crippen molar-refractivity contribution in [2.45, 2.75) is 25.4 Å². The van der Waals surface area contributed by atoms with Gasteiger partial charge in [0.05, 0.1) is 30.0 Å². The molecule has 1 fully saturated rings. The van der Waals surface area contributed by atoms with Crippen LogP contribution in [0.15, 0.2) is 53.7 Å². The summed E-state index contributed by atoms with van der Waals surface area (Å²) in [7, 11) is 2.99. The molecule has 0 radical (unpaired) electrons. The van der Waals surface area contributed by atoms with Crippen LogP contribution in [0.1, 0.15) is 30.1 Å². The van der Waals surface area contributed by atoms with Crippen LogP contribution in [0.25, 0.3) is 16.3 Å². The Balaban J connectivity index is 1.24. The molecule has 1 amide bonds. The summed E-state index contributed by atoms with van der Waals surface area (Å²) in [5.41, 5.74) is 1.53. The third kappa shape index (κ3) is 4.74. The van der Waals surface area contributed by atoms with Gasteiger partial charge in [-0.1, -0.05) is 23.5 Å². The Labute approximate surface area is 211 Å². The van der Waals surface area contributed by atoms with Crippen molar-refractivity contribution < 1.29 is 14.3 Å². The Morgan fingerprint density at radius 1 is 1.17 bits per heavy atom. The Bertz CT molecular complexity index is 1460. The first-order valence-corrected chi connectivity index (χ1v) is 12.4. The highest BCUT2D eigenvalue weighted by Crippen LogP contribution is 2.28. The van der Waals surface area contributed by atoms with Crippen LogP contribution in [0.4, 0.5) is 0 Å². The first kappa shape index (κ1) is 23.7. The molecule has 36 heavy (non-hydrogen) atoms. The average molecular weight is 507 g/mol. The molecule has 186 valence electrons. The number of hydrogen-bond donors (Lipinski definition) is 0. The summed E-state index contributed by atoms with van der Waals surface area (Å²) in [5, 5.41) is 0. The molecule has 0 unspecified atom stereocenters. The number of para-hydroxylation sites is 1. The second-order valence-corrected chi connectivity index (χ2v) is 9.41. The van der Waals surface area contributed by atoms with E-state index in [1.54, 1.807) is 23.0 Å². The number of rotatable bonds is 7. The van der Waals surface area contributed by atoms with E-state index in [0.29, 0.717) is 31.2 Å². The van der Waals surface area contributed by atoms with E-state index in [1.165, 1.54) is 31.6 Å². The van der Waals surface area contributed by atoms with E-state index >= 15 is 0 Å². The number of imidazole rings is 1. The average Bonchev–Trinajstić information content (AvgIpc) is 3.51. The summed E-state index contributed by atoms with van der Waals surface area (Å²) < 4.78 is 15.1. The minimum atomic E-state index is -0.0778. The third-order valence-corrected chi connectivity index (χ3v) is 7.29. The third-order valence-electron chi connectivity index (χ3n) is 6.33. The predicted molar refractivity (Wildman–Crippen MR) is 136 cm³/mol. The van der Waals surface area contributed by atoms with Gasteiger partial charge in [-0.2, -0.15) is 4.98 Å². The number of hydrogen-bond acceptors (Lipinski definition) is 8. The predicted octanol–water partition coefficient (Wildman–Crippen LogP) is 2.99. The van der Waals surface area contributed by atoms with Crippen LogP contribution in [0.3, 0.4) is 0 Å². The molecule has 0 aliphatic carbocycles. The first-order valence-electron chi connectivity index (χ1n) is 11.6. The van der Waals surface area contributed by atoms with Crippen molar-refractivity contribution >= 4 is 33.5 Å². The largest absolute Gasteiger partial charge is 0.480 e. The summed E-state index contributed by atoms with van der Waals surface area (Å²) >= 11 is 1.25. The van der Waals surface area contributed by atoms with Crippen LogP contribution >= 0.6 is 11.3 Å². The van der Waals surface area contributed by atoms with Gasteiger partial charge in [-0.15, -0.1) is 0 Å². The van der Waals surface area contributed by atoms with Gasteiger partial charge >= 0.3 is 10.9 Å². The van der Waals surface area contributed by atoms with E-state index in [-0.39, 0.29) is 22.7 Å². The molecule has 3 aromatic heterocycles. The molecule has 0 N–H and O–H groups in total. The minimum absolute atomic E-state index is 0.0157. The van der Waals surface area contributed by atoms with Gasteiger partial charge in [0, 0.05) is 43.7 Å². The van der Waals surface area contributed by atoms with Crippen LogP contribution < -0.4 is 14.3 Å². The molecule has 4 heterocycles. The molecule has 1 aliphatic heterocycles. The topological polar surface area (TPSA) is 104 Å². The molecule has 1 aliphatic rings. The van der Waals surface area contributed by atoms with Crippen molar-refractivity contribution in [2.24, 2.45) is 0 Å². The van der Waals surface area contributed by atoms with Gasteiger partial charge in [0.15, 0.2) is 0 Å². The maximum Gasteiger partial charge on any atom is 0.319 e. The number of ether oxygens (including phenoxy) is 2. The maximum absolute atomic E-state index is 12.8. The molecule has 10 nitrogen and oxygen atoms in total. The molecule has 0 spiro atoms. The quantitative estimate of drug-likeness (QED) is 0.355. The Morgan fingerprint density at radius 3 is 2.75 bits per heavy atom. The number of carbonyl (C=O) groups is 1. The van der Waals surface area contributed by atoms with Crippen LogP contribution in [0.5, 0.6) is 11.9 Å². The van der Waals surface area contributed by atoms with E-state index in [2.05, 4.69) is 15.0 Å². The van der Waals surface area contributed by atoms with E-state index in [0.717, 1.165) is 28.9 Å². The highest BCUT2D eigenvalue weighted by molar-refractivity contribution is 7.16. The van der Waals surface area contributed by atoms with Crippen molar-refractivity contribution in [3.05, 3.63) is 70.0 Å². The Kier molecular flexibility index (Phi) is 6.81. The van der Waals surface area contributed by atoms with Crippen LogP contribution in [0.2, 0.25) is 0 Å². The van der Waals surface area contributed by atoms with Gasteiger partial charge < -0.3 is 18.9 Å². The normalized spacial score (nSPS) is 14.6. The summed E-state index contributed by atoms with van der Waals surface area (Å²) in [4.78, 5) is 40.0. The molecular weight excluding hydrogens is 480 g/mol. The van der Waals surface area contributed by atoms with Crippen molar-refractivity contribution in [1.29, 1.82) is 0 Å². The second-order valence-electron chi connectivity index (χ2n) is 8.41. The SMILES string of the molecule is COc1ncc(C=CC(=O)N2CCC(c3nccn3Cn3c(=O)sc4ccccc43)CC2)c(OC)n1. The highest BCUT2D eigenvalue weighted by atomic mass is 32.1. The minimum Gasteiger partial charge on any atom is -0.480 e. The zero-order valence-electron chi connectivity index (χ0n) is 20.0. The number of nitrogens with zero attached hydrogens (tertiary/aromatic N) is 6. The Hall–Kier alpha value is -3.99. The molecular formula is C25H26N6O4S. The van der Waals surface area contributed by atoms with Gasteiger partial charge in [0.25, 0.3) is 0 Å². The van der Waals surface area contributed by atoms with Gasteiger partial charge in [-0.25, -0.2) is 9.97 Å². The number of amides is 1. The molecule has 0 saturated carbocycles. The van der Waals surface area contributed by atoms with Crippen molar-refractivity contribution in [3.8, 4) is 11.9 Å². The summed E-state index contributed by atoms with van der Waals surface area (Å²) in [5.74, 6) is 1.42. The number of benzene rings is 1.